The minimum absolute atomic E-state index is 0.227. The standard InChI is InChI=1S/C15H26N2O3S/c1-15(2,3)20-14(19)16-5-4-11(7-16)8-17-9-12(10-21)6-13(17)18/h11-12,21H,4-10H2,1-3H3. The fraction of sp³-hybridized carbons (Fsp3) is 0.867. The van der Waals surface area contributed by atoms with Gasteiger partial charge in [-0.25, -0.2) is 4.79 Å². The highest BCUT2D eigenvalue weighted by atomic mass is 32.1. The largest absolute Gasteiger partial charge is 0.444 e. The van der Waals surface area contributed by atoms with Gasteiger partial charge in [-0.1, -0.05) is 0 Å². The minimum Gasteiger partial charge on any atom is -0.444 e. The Kier molecular flexibility index (Phi) is 5.07. The zero-order valence-electron chi connectivity index (χ0n) is 13.2. The summed E-state index contributed by atoms with van der Waals surface area (Å²) in [5, 5.41) is 0. The molecule has 6 heteroatoms. The molecule has 2 unspecified atom stereocenters. The Morgan fingerprint density at radius 2 is 2.05 bits per heavy atom. The highest BCUT2D eigenvalue weighted by molar-refractivity contribution is 7.80. The molecule has 0 bridgehead atoms. The van der Waals surface area contributed by atoms with Gasteiger partial charge < -0.3 is 14.5 Å². The summed E-state index contributed by atoms with van der Waals surface area (Å²) in [6.07, 6.45) is 1.31. The van der Waals surface area contributed by atoms with Gasteiger partial charge >= 0.3 is 6.09 Å². The third-order valence-electron chi connectivity index (χ3n) is 3.97. The van der Waals surface area contributed by atoms with Crippen LogP contribution in [0.5, 0.6) is 0 Å². The van der Waals surface area contributed by atoms with Crippen LogP contribution in [0.3, 0.4) is 0 Å². The molecule has 0 aromatic rings. The summed E-state index contributed by atoms with van der Waals surface area (Å²) in [6, 6.07) is 0. The van der Waals surface area contributed by atoms with Crippen molar-refractivity contribution in [1.29, 1.82) is 0 Å². The molecule has 5 nitrogen and oxygen atoms in total. The topological polar surface area (TPSA) is 49.9 Å². The lowest BCUT2D eigenvalue weighted by molar-refractivity contribution is -0.128. The van der Waals surface area contributed by atoms with Crippen LogP contribution in [0.2, 0.25) is 0 Å². The van der Waals surface area contributed by atoms with Crippen molar-refractivity contribution in [2.75, 3.05) is 31.9 Å². The van der Waals surface area contributed by atoms with E-state index in [1.165, 1.54) is 0 Å². The first-order valence-electron chi connectivity index (χ1n) is 7.65. The van der Waals surface area contributed by atoms with E-state index >= 15 is 0 Å². The average molecular weight is 314 g/mol. The van der Waals surface area contributed by atoms with Crippen molar-refractivity contribution >= 4 is 24.6 Å². The first-order chi connectivity index (χ1) is 9.78. The van der Waals surface area contributed by atoms with E-state index in [1.807, 2.05) is 25.7 Å². The Morgan fingerprint density at radius 1 is 1.33 bits per heavy atom. The summed E-state index contributed by atoms with van der Waals surface area (Å²) in [5.74, 6) is 1.73. The lowest BCUT2D eigenvalue weighted by Crippen LogP contribution is -2.37. The molecule has 0 aromatic carbocycles. The lowest BCUT2D eigenvalue weighted by atomic mass is 10.1. The van der Waals surface area contributed by atoms with Gasteiger partial charge in [0.2, 0.25) is 5.91 Å². The van der Waals surface area contributed by atoms with Crippen LogP contribution in [0.15, 0.2) is 0 Å². The van der Waals surface area contributed by atoms with Crippen LogP contribution in [-0.4, -0.2) is 59.3 Å². The van der Waals surface area contributed by atoms with E-state index in [9.17, 15) is 9.59 Å². The van der Waals surface area contributed by atoms with Crippen LogP contribution in [0, 0.1) is 11.8 Å². The zero-order chi connectivity index (χ0) is 15.6. The van der Waals surface area contributed by atoms with Crippen molar-refractivity contribution in [1.82, 2.24) is 9.80 Å². The van der Waals surface area contributed by atoms with E-state index in [0.29, 0.717) is 24.8 Å². The molecule has 2 rings (SSSR count). The normalized spacial score (nSPS) is 26.6. The zero-order valence-corrected chi connectivity index (χ0v) is 14.1. The van der Waals surface area contributed by atoms with Crippen molar-refractivity contribution in [3.05, 3.63) is 0 Å². The maximum Gasteiger partial charge on any atom is 0.410 e. The predicted molar refractivity (Wildman–Crippen MR) is 84.5 cm³/mol. The van der Waals surface area contributed by atoms with Gasteiger partial charge in [0.25, 0.3) is 0 Å². The maximum absolute atomic E-state index is 12.0. The molecular formula is C15H26N2O3S. The van der Waals surface area contributed by atoms with Gasteiger partial charge in [-0.15, -0.1) is 0 Å². The van der Waals surface area contributed by atoms with E-state index in [-0.39, 0.29) is 12.0 Å². The van der Waals surface area contributed by atoms with E-state index in [0.717, 1.165) is 31.8 Å². The number of nitrogens with zero attached hydrogens (tertiary/aromatic N) is 2. The second-order valence-corrected chi connectivity index (χ2v) is 7.50. The third-order valence-corrected chi connectivity index (χ3v) is 4.49. The summed E-state index contributed by atoms with van der Waals surface area (Å²) in [4.78, 5) is 27.6. The molecule has 2 amide bonds. The molecule has 2 aliphatic heterocycles. The van der Waals surface area contributed by atoms with Crippen LogP contribution in [0.4, 0.5) is 4.79 Å². The quantitative estimate of drug-likeness (QED) is 0.811. The number of carbonyl (C=O) groups excluding carboxylic acids is 2. The summed E-state index contributed by atoms with van der Waals surface area (Å²) >= 11 is 4.28. The molecule has 2 fully saturated rings. The molecule has 0 spiro atoms. The fourth-order valence-electron chi connectivity index (χ4n) is 2.94. The summed E-state index contributed by atoms with van der Waals surface area (Å²) in [5.41, 5.74) is -0.458. The number of amides is 2. The van der Waals surface area contributed by atoms with Crippen LogP contribution in [0.1, 0.15) is 33.6 Å². The number of likely N-dealkylation sites (tertiary alicyclic amines) is 2. The van der Waals surface area contributed by atoms with Crippen molar-refractivity contribution in [2.24, 2.45) is 11.8 Å². The molecular weight excluding hydrogens is 288 g/mol. The monoisotopic (exact) mass is 314 g/mol. The first kappa shape index (κ1) is 16.5. The van der Waals surface area contributed by atoms with E-state index < -0.39 is 5.60 Å². The van der Waals surface area contributed by atoms with Crippen LogP contribution in [-0.2, 0) is 9.53 Å². The number of rotatable bonds is 3. The molecule has 0 saturated carbocycles. The van der Waals surface area contributed by atoms with Gasteiger partial charge in [0.05, 0.1) is 0 Å². The van der Waals surface area contributed by atoms with Crippen molar-refractivity contribution in [3.8, 4) is 0 Å². The van der Waals surface area contributed by atoms with Gasteiger partial charge in [-0.2, -0.15) is 12.6 Å². The van der Waals surface area contributed by atoms with E-state index in [1.54, 1.807) is 4.90 Å². The van der Waals surface area contributed by atoms with Crippen LogP contribution in [0.25, 0.3) is 0 Å². The number of carbonyl (C=O) groups is 2. The summed E-state index contributed by atoms with van der Waals surface area (Å²) < 4.78 is 5.39. The molecule has 0 N–H and O–H groups in total. The Morgan fingerprint density at radius 3 is 2.62 bits per heavy atom. The number of hydrogen-bond donors (Lipinski definition) is 1. The number of ether oxygens (including phenoxy) is 1. The van der Waals surface area contributed by atoms with Crippen molar-refractivity contribution in [3.63, 3.8) is 0 Å². The Hall–Kier alpha value is -0.910. The third kappa shape index (κ3) is 4.53. The highest BCUT2D eigenvalue weighted by Crippen LogP contribution is 2.24. The molecule has 2 aliphatic rings. The molecule has 2 saturated heterocycles. The fourth-order valence-corrected chi connectivity index (χ4v) is 3.18. The number of hydrogen-bond acceptors (Lipinski definition) is 4. The van der Waals surface area contributed by atoms with E-state index in [4.69, 9.17) is 4.74 Å². The Bertz CT molecular complexity index is 408. The smallest absolute Gasteiger partial charge is 0.410 e. The van der Waals surface area contributed by atoms with Crippen molar-refractivity contribution in [2.45, 2.75) is 39.2 Å². The first-order valence-corrected chi connectivity index (χ1v) is 8.28. The molecule has 2 heterocycles. The van der Waals surface area contributed by atoms with Crippen LogP contribution >= 0.6 is 12.6 Å². The van der Waals surface area contributed by atoms with Crippen molar-refractivity contribution < 1.29 is 14.3 Å². The second-order valence-electron chi connectivity index (χ2n) is 7.13. The minimum atomic E-state index is -0.458. The molecule has 120 valence electrons. The van der Waals surface area contributed by atoms with Gasteiger partial charge in [0, 0.05) is 32.6 Å². The highest BCUT2D eigenvalue weighted by Gasteiger charge is 2.34. The van der Waals surface area contributed by atoms with Gasteiger partial charge in [-0.3, -0.25) is 4.79 Å². The molecule has 2 atom stereocenters. The molecule has 0 radical (unpaired) electrons. The molecule has 0 aromatic heterocycles. The Labute approximate surface area is 132 Å². The van der Waals surface area contributed by atoms with Gasteiger partial charge in [-0.05, 0) is 44.8 Å². The molecule has 21 heavy (non-hydrogen) atoms. The van der Waals surface area contributed by atoms with Gasteiger partial charge in [0.1, 0.15) is 5.60 Å². The van der Waals surface area contributed by atoms with E-state index in [2.05, 4.69) is 12.6 Å². The van der Waals surface area contributed by atoms with Gasteiger partial charge in [0.15, 0.2) is 0 Å². The lowest BCUT2D eigenvalue weighted by Gasteiger charge is -2.25. The average Bonchev–Trinajstić information content (AvgIpc) is 2.95. The summed E-state index contributed by atoms with van der Waals surface area (Å²) in [7, 11) is 0. The second kappa shape index (κ2) is 6.46. The maximum atomic E-state index is 12.0. The summed E-state index contributed by atoms with van der Waals surface area (Å²) in [6.45, 7) is 8.59. The SMILES string of the molecule is CC(C)(C)OC(=O)N1CCC(CN2CC(CS)CC2=O)C1. The predicted octanol–water partition coefficient (Wildman–Crippen LogP) is 2.02. The van der Waals surface area contributed by atoms with Crippen LogP contribution < -0.4 is 0 Å². The number of thiol groups is 1. The molecule has 0 aliphatic carbocycles. The Balaban J connectivity index is 1.80.